The van der Waals surface area contributed by atoms with Gasteiger partial charge in [-0.05, 0) is 31.5 Å². The van der Waals surface area contributed by atoms with E-state index < -0.39 is 0 Å². The van der Waals surface area contributed by atoms with Gasteiger partial charge in [-0.15, -0.1) is 0 Å². The minimum Gasteiger partial charge on any atom is -0.349 e. The van der Waals surface area contributed by atoms with E-state index in [0.717, 1.165) is 5.56 Å². The summed E-state index contributed by atoms with van der Waals surface area (Å²) in [5, 5.41) is 3.59. The maximum Gasteiger partial charge on any atom is 0.233 e. The molecule has 1 rings (SSSR count). The molecule has 0 aliphatic heterocycles. The van der Waals surface area contributed by atoms with Gasteiger partial charge in [0.15, 0.2) is 0 Å². The van der Waals surface area contributed by atoms with Gasteiger partial charge in [0.25, 0.3) is 0 Å². The summed E-state index contributed by atoms with van der Waals surface area (Å²) in [5.74, 6) is -0.0162. The van der Waals surface area contributed by atoms with Gasteiger partial charge in [0.05, 0.1) is 10.9 Å². The van der Waals surface area contributed by atoms with Crippen molar-refractivity contribution < 1.29 is 4.79 Å². The first-order chi connectivity index (χ1) is 7.00. The quantitative estimate of drug-likeness (QED) is 0.850. The van der Waals surface area contributed by atoms with Crippen LogP contribution in [0.1, 0.15) is 25.5 Å². The fourth-order valence-corrected chi connectivity index (χ4v) is 1.42. The summed E-state index contributed by atoms with van der Waals surface area (Å²) in [6.07, 6.45) is 0. The van der Waals surface area contributed by atoms with Crippen molar-refractivity contribution in [1.82, 2.24) is 5.32 Å². The lowest BCUT2D eigenvalue weighted by Crippen LogP contribution is -2.31. The molecule has 0 aromatic heterocycles. The van der Waals surface area contributed by atoms with Crippen molar-refractivity contribution in [3.05, 3.63) is 34.9 Å². The highest BCUT2D eigenvalue weighted by atomic mass is 79.9. The topological polar surface area (TPSA) is 29.1 Å². The summed E-state index contributed by atoms with van der Waals surface area (Å²) in [6.45, 7) is 3.74. The molecule has 0 saturated carbocycles. The van der Waals surface area contributed by atoms with Gasteiger partial charge in [0.2, 0.25) is 5.91 Å². The average Bonchev–Trinajstić information content (AvgIpc) is 2.18. The molecule has 1 amide bonds. The molecule has 0 radical (unpaired) electrons. The second-order valence-corrected chi connectivity index (χ2v) is 5.21. The Morgan fingerprint density at radius 1 is 1.33 bits per heavy atom. The lowest BCUT2D eigenvalue weighted by atomic mass is 10.1. The van der Waals surface area contributed by atoms with E-state index in [-0.39, 0.29) is 16.8 Å². The standard InChI is InChI=1S/C11H13BrClNO/c1-7(12)11(15)14-8(2)9-3-5-10(13)6-4-9/h3-8H,1-2H3,(H,14,15). The third kappa shape index (κ3) is 3.84. The summed E-state index contributed by atoms with van der Waals surface area (Å²) < 4.78 is 0. The van der Waals surface area contributed by atoms with Crippen LogP contribution in [0, 0.1) is 0 Å². The molecule has 82 valence electrons. The zero-order chi connectivity index (χ0) is 11.4. The van der Waals surface area contributed by atoms with Crippen molar-refractivity contribution in [3.63, 3.8) is 0 Å². The molecule has 2 atom stereocenters. The molecule has 0 aliphatic carbocycles. The highest BCUT2D eigenvalue weighted by Crippen LogP contribution is 2.16. The maximum atomic E-state index is 11.4. The number of benzene rings is 1. The zero-order valence-electron chi connectivity index (χ0n) is 8.63. The van der Waals surface area contributed by atoms with E-state index in [9.17, 15) is 4.79 Å². The molecule has 0 fully saturated rings. The number of nitrogens with one attached hydrogen (secondary N) is 1. The van der Waals surface area contributed by atoms with Crippen molar-refractivity contribution in [1.29, 1.82) is 0 Å². The molecular formula is C11H13BrClNO. The van der Waals surface area contributed by atoms with Gasteiger partial charge < -0.3 is 5.32 Å². The lowest BCUT2D eigenvalue weighted by molar-refractivity contribution is -0.120. The van der Waals surface area contributed by atoms with E-state index in [1.54, 1.807) is 6.92 Å². The summed E-state index contributed by atoms with van der Waals surface area (Å²) in [7, 11) is 0. The van der Waals surface area contributed by atoms with E-state index >= 15 is 0 Å². The highest BCUT2D eigenvalue weighted by molar-refractivity contribution is 9.10. The van der Waals surface area contributed by atoms with Crippen molar-refractivity contribution in [2.75, 3.05) is 0 Å². The summed E-state index contributed by atoms with van der Waals surface area (Å²) in [5.41, 5.74) is 1.04. The molecule has 0 bridgehead atoms. The van der Waals surface area contributed by atoms with Crippen LogP contribution in [0.25, 0.3) is 0 Å². The van der Waals surface area contributed by atoms with Gasteiger partial charge in [-0.2, -0.15) is 0 Å². The Balaban J connectivity index is 2.65. The molecule has 2 nitrogen and oxygen atoms in total. The number of hydrogen-bond donors (Lipinski definition) is 1. The molecule has 1 N–H and O–H groups in total. The van der Waals surface area contributed by atoms with Gasteiger partial charge in [-0.3, -0.25) is 4.79 Å². The van der Waals surface area contributed by atoms with Crippen LogP contribution in [-0.2, 0) is 4.79 Å². The van der Waals surface area contributed by atoms with Gasteiger partial charge >= 0.3 is 0 Å². The van der Waals surface area contributed by atoms with Gasteiger partial charge in [-0.1, -0.05) is 39.7 Å². The first kappa shape index (κ1) is 12.5. The van der Waals surface area contributed by atoms with Crippen LogP contribution < -0.4 is 5.32 Å². The molecule has 0 heterocycles. The Kier molecular flexibility index (Phi) is 4.61. The zero-order valence-corrected chi connectivity index (χ0v) is 11.0. The second kappa shape index (κ2) is 5.52. The Morgan fingerprint density at radius 2 is 1.87 bits per heavy atom. The Hall–Kier alpha value is -0.540. The van der Waals surface area contributed by atoms with Crippen LogP contribution in [0.2, 0.25) is 5.02 Å². The largest absolute Gasteiger partial charge is 0.349 e. The van der Waals surface area contributed by atoms with E-state index in [1.807, 2.05) is 31.2 Å². The minimum absolute atomic E-state index is 0.00485. The fraction of sp³-hybridized carbons (Fsp3) is 0.364. The van der Waals surface area contributed by atoms with Crippen LogP contribution in [0.15, 0.2) is 24.3 Å². The third-order valence-electron chi connectivity index (χ3n) is 2.09. The number of alkyl halides is 1. The number of rotatable bonds is 3. The molecule has 0 spiro atoms. The summed E-state index contributed by atoms with van der Waals surface area (Å²) >= 11 is 9.00. The van der Waals surface area contributed by atoms with Crippen LogP contribution in [0.4, 0.5) is 0 Å². The van der Waals surface area contributed by atoms with Gasteiger partial charge in [0, 0.05) is 5.02 Å². The van der Waals surface area contributed by atoms with Crippen LogP contribution >= 0.6 is 27.5 Å². The highest BCUT2D eigenvalue weighted by Gasteiger charge is 2.12. The number of carbonyl (C=O) groups is 1. The normalized spacial score (nSPS) is 14.4. The van der Waals surface area contributed by atoms with Gasteiger partial charge in [-0.25, -0.2) is 0 Å². The monoisotopic (exact) mass is 289 g/mol. The molecule has 15 heavy (non-hydrogen) atoms. The minimum atomic E-state index is -0.174. The van der Waals surface area contributed by atoms with E-state index in [0.29, 0.717) is 5.02 Å². The van der Waals surface area contributed by atoms with Crippen LogP contribution in [0.5, 0.6) is 0 Å². The molecule has 0 aliphatic rings. The molecule has 0 saturated heterocycles. The van der Waals surface area contributed by atoms with Crippen molar-refractivity contribution in [3.8, 4) is 0 Å². The predicted molar refractivity (Wildman–Crippen MR) is 66.4 cm³/mol. The second-order valence-electron chi connectivity index (χ2n) is 3.40. The predicted octanol–water partition coefficient (Wildman–Crippen LogP) is 3.30. The van der Waals surface area contributed by atoms with Gasteiger partial charge in [0.1, 0.15) is 0 Å². The Morgan fingerprint density at radius 3 is 2.33 bits per heavy atom. The Labute approximate surface area is 103 Å². The number of halogens is 2. The summed E-state index contributed by atoms with van der Waals surface area (Å²) in [4.78, 5) is 11.2. The molecule has 1 aromatic rings. The van der Waals surface area contributed by atoms with E-state index in [4.69, 9.17) is 11.6 Å². The average molecular weight is 291 g/mol. The van der Waals surface area contributed by atoms with Crippen molar-refractivity contribution in [2.45, 2.75) is 24.7 Å². The first-order valence-electron chi connectivity index (χ1n) is 4.70. The summed E-state index contributed by atoms with van der Waals surface area (Å²) in [6, 6.07) is 7.45. The SMILES string of the molecule is CC(Br)C(=O)NC(C)c1ccc(Cl)cc1. The number of amides is 1. The van der Waals surface area contributed by atoms with E-state index in [2.05, 4.69) is 21.2 Å². The first-order valence-corrected chi connectivity index (χ1v) is 6.00. The third-order valence-corrected chi connectivity index (χ3v) is 2.76. The Bertz CT molecular complexity index is 337. The molecule has 2 unspecified atom stereocenters. The van der Waals surface area contributed by atoms with Crippen LogP contribution in [-0.4, -0.2) is 10.7 Å². The molecular weight excluding hydrogens is 277 g/mol. The number of carbonyl (C=O) groups excluding carboxylic acids is 1. The van der Waals surface area contributed by atoms with Crippen molar-refractivity contribution in [2.24, 2.45) is 0 Å². The lowest BCUT2D eigenvalue weighted by Gasteiger charge is -2.15. The van der Waals surface area contributed by atoms with Crippen molar-refractivity contribution >= 4 is 33.4 Å². The molecule has 4 heteroatoms. The fourth-order valence-electron chi connectivity index (χ4n) is 1.16. The smallest absolute Gasteiger partial charge is 0.233 e. The van der Waals surface area contributed by atoms with E-state index in [1.165, 1.54) is 0 Å². The maximum absolute atomic E-state index is 11.4. The number of hydrogen-bond acceptors (Lipinski definition) is 1. The molecule has 1 aromatic carbocycles. The van der Waals surface area contributed by atoms with Crippen LogP contribution in [0.3, 0.4) is 0 Å².